The average molecular weight is 252 g/mol. The lowest BCUT2D eigenvalue weighted by Gasteiger charge is -2.35. The molecule has 2 fully saturated rings. The van der Waals surface area contributed by atoms with E-state index in [0.717, 1.165) is 6.42 Å². The third-order valence-corrected chi connectivity index (χ3v) is 8.92. The van der Waals surface area contributed by atoms with Crippen molar-refractivity contribution >= 4 is 8.32 Å². The molecular formula is C14H24O2Si. The maximum atomic E-state index is 6.03. The van der Waals surface area contributed by atoms with Gasteiger partial charge in [0.2, 0.25) is 0 Å². The largest absolute Gasteiger partial charge is 0.406 e. The molecule has 1 heterocycles. The van der Waals surface area contributed by atoms with Gasteiger partial charge in [-0.05, 0) is 37.4 Å². The van der Waals surface area contributed by atoms with E-state index in [9.17, 15) is 0 Å². The molecule has 0 N–H and O–H groups in total. The lowest BCUT2D eigenvalue weighted by molar-refractivity contribution is 0.289. The third kappa shape index (κ3) is 2.59. The molecule has 96 valence electrons. The molecule has 17 heavy (non-hydrogen) atoms. The molecule has 3 heteroatoms. The zero-order valence-electron chi connectivity index (χ0n) is 11.7. The van der Waals surface area contributed by atoms with Crippen LogP contribution in [-0.4, -0.2) is 26.6 Å². The van der Waals surface area contributed by atoms with E-state index in [1.807, 2.05) is 0 Å². The van der Waals surface area contributed by atoms with E-state index in [1.165, 1.54) is 12.8 Å². The summed E-state index contributed by atoms with van der Waals surface area (Å²) in [6.45, 7) is 11.8. The summed E-state index contributed by atoms with van der Waals surface area (Å²) in [5, 5.41) is 0.263. The van der Waals surface area contributed by atoms with Crippen molar-refractivity contribution in [1.82, 2.24) is 0 Å². The van der Waals surface area contributed by atoms with Gasteiger partial charge in [0.05, 0.1) is 12.7 Å². The van der Waals surface area contributed by atoms with Crippen LogP contribution in [0.1, 0.15) is 40.0 Å². The molecule has 0 amide bonds. The first-order chi connectivity index (χ1) is 7.77. The first-order valence-corrected chi connectivity index (χ1v) is 9.49. The van der Waals surface area contributed by atoms with Crippen LogP contribution in [0, 0.1) is 11.8 Å². The zero-order chi connectivity index (χ0) is 12.7. The summed E-state index contributed by atoms with van der Waals surface area (Å²) < 4.78 is 11.6. The highest BCUT2D eigenvalue weighted by atomic mass is 28.4. The van der Waals surface area contributed by atoms with Crippen LogP contribution in [0.15, 0.2) is 0 Å². The van der Waals surface area contributed by atoms with Gasteiger partial charge in [0.15, 0.2) is 13.9 Å². The molecule has 0 aromatic rings. The number of fused-ring (bicyclic) bond motifs is 1. The summed E-state index contributed by atoms with van der Waals surface area (Å²) in [5.74, 6) is 6.46. The van der Waals surface area contributed by atoms with Crippen molar-refractivity contribution in [1.29, 1.82) is 0 Å². The Morgan fingerprint density at radius 3 is 2.59 bits per heavy atom. The van der Waals surface area contributed by atoms with Gasteiger partial charge in [0, 0.05) is 0 Å². The van der Waals surface area contributed by atoms with Crippen LogP contribution in [0.4, 0.5) is 0 Å². The molecule has 1 saturated carbocycles. The second-order valence-corrected chi connectivity index (χ2v) is 11.5. The molecule has 0 unspecified atom stereocenters. The van der Waals surface area contributed by atoms with Gasteiger partial charge in [-0.25, -0.2) is 0 Å². The van der Waals surface area contributed by atoms with Crippen LogP contribution in [0.3, 0.4) is 0 Å². The lowest BCUT2D eigenvalue weighted by atomic mass is 10.1. The summed E-state index contributed by atoms with van der Waals surface area (Å²) in [7, 11) is -1.64. The minimum Gasteiger partial charge on any atom is -0.406 e. The van der Waals surface area contributed by atoms with Crippen LogP contribution < -0.4 is 0 Å². The molecule has 2 rings (SSSR count). The summed E-state index contributed by atoms with van der Waals surface area (Å²) in [5.41, 5.74) is -0.0587. The standard InChI is InChI=1S/C14H24O2Si/c1-13(2,3)17(4,5)15-11-7-10-14-9-6-8-12(14)16-14/h12H,6,8-9,11H2,1-5H3/t12-,14-/m1/s1. The minimum absolute atomic E-state index is 0.0587. The van der Waals surface area contributed by atoms with Crippen LogP contribution in [0.25, 0.3) is 0 Å². The quantitative estimate of drug-likeness (QED) is 0.427. The number of ether oxygens (including phenoxy) is 1. The van der Waals surface area contributed by atoms with E-state index in [4.69, 9.17) is 9.16 Å². The molecule has 1 aliphatic carbocycles. The Morgan fingerprint density at radius 2 is 2.12 bits per heavy atom. The summed E-state index contributed by atoms with van der Waals surface area (Å²) in [6, 6.07) is 0. The highest BCUT2D eigenvalue weighted by Crippen LogP contribution is 2.49. The van der Waals surface area contributed by atoms with E-state index < -0.39 is 8.32 Å². The molecule has 0 bridgehead atoms. The van der Waals surface area contributed by atoms with Crippen molar-refractivity contribution in [3.63, 3.8) is 0 Å². The summed E-state index contributed by atoms with van der Waals surface area (Å²) >= 11 is 0. The SMILES string of the molecule is CC(C)(C)[Si](C)(C)OCC#C[C@]12CCC[C@H]1O2. The van der Waals surface area contributed by atoms with Crippen molar-refractivity contribution in [2.24, 2.45) is 0 Å². The highest BCUT2D eigenvalue weighted by molar-refractivity contribution is 6.74. The highest BCUT2D eigenvalue weighted by Gasteiger charge is 2.58. The normalized spacial score (nSPS) is 31.7. The molecule has 2 nitrogen and oxygen atoms in total. The fourth-order valence-electron chi connectivity index (χ4n) is 2.07. The van der Waals surface area contributed by atoms with E-state index in [-0.39, 0.29) is 10.6 Å². The Bertz CT molecular complexity index is 359. The topological polar surface area (TPSA) is 21.8 Å². The number of rotatable bonds is 2. The Labute approximate surface area is 106 Å². The van der Waals surface area contributed by atoms with Crippen LogP contribution in [0.2, 0.25) is 18.1 Å². The number of epoxide rings is 1. The van der Waals surface area contributed by atoms with E-state index >= 15 is 0 Å². The third-order valence-electron chi connectivity index (χ3n) is 4.44. The van der Waals surface area contributed by atoms with Gasteiger partial charge in [-0.1, -0.05) is 32.6 Å². The zero-order valence-corrected chi connectivity index (χ0v) is 12.7. The lowest BCUT2D eigenvalue weighted by Crippen LogP contribution is -2.40. The maximum Gasteiger partial charge on any atom is 0.193 e. The molecule has 1 aliphatic heterocycles. The number of hydrogen-bond donors (Lipinski definition) is 0. The Kier molecular flexibility index (Phi) is 3.18. The fraction of sp³-hybridized carbons (Fsp3) is 0.857. The number of hydrogen-bond acceptors (Lipinski definition) is 2. The first-order valence-electron chi connectivity index (χ1n) is 6.59. The van der Waals surface area contributed by atoms with Gasteiger partial charge in [-0.2, -0.15) is 0 Å². The molecule has 0 spiro atoms. The molecule has 0 aromatic heterocycles. The molecule has 0 radical (unpaired) electrons. The molecular weight excluding hydrogens is 228 g/mol. The van der Waals surface area contributed by atoms with Gasteiger partial charge in [0.1, 0.15) is 0 Å². The van der Waals surface area contributed by atoms with E-state index in [2.05, 4.69) is 45.7 Å². The van der Waals surface area contributed by atoms with Crippen LogP contribution in [0.5, 0.6) is 0 Å². The molecule has 2 aliphatic rings. The first kappa shape index (κ1) is 13.1. The second-order valence-electron chi connectivity index (χ2n) is 6.74. The smallest absolute Gasteiger partial charge is 0.193 e. The van der Waals surface area contributed by atoms with Crippen LogP contribution in [-0.2, 0) is 9.16 Å². The monoisotopic (exact) mass is 252 g/mol. The van der Waals surface area contributed by atoms with Crippen molar-refractivity contribution in [3.05, 3.63) is 0 Å². The van der Waals surface area contributed by atoms with Gasteiger partial charge >= 0.3 is 0 Å². The second kappa shape index (κ2) is 4.12. The van der Waals surface area contributed by atoms with Crippen molar-refractivity contribution in [2.75, 3.05) is 6.61 Å². The average Bonchev–Trinajstić information content (AvgIpc) is 2.74. The summed E-state index contributed by atoms with van der Waals surface area (Å²) in [4.78, 5) is 0. The van der Waals surface area contributed by atoms with Crippen molar-refractivity contribution in [2.45, 2.75) is 69.9 Å². The van der Waals surface area contributed by atoms with Gasteiger partial charge in [-0.3, -0.25) is 0 Å². The van der Waals surface area contributed by atoms with Gasteiger partial charge < -0.3 is 9.16 Å². The Balaban J connectivity index is 1.83. The Hall–Kier alpha value is -0.303. The van der Waals surface area contributed by atoms with Crippen LogP contribution >= 0.6 is 0 Å². The van der Waals surface area contributed by atoms with Gasteiger partial charge in [0.25, 0.3) is 0 Å². The molecule has 1 saturated heterocycles. The van der Waals surface area contributed by atoms with E-state index in [0.29, 0.717) is 12.7 Å². The molecule has 0 aromatic carbocycles. The van der Waals surface area contributed by atoms with Crippen molar-refractivity contribution in [3.8, 4) is 11.8 Å². The van der Waals surface area contributed by atoms with E-state index in [1.54, 1.807) is 0 Å². The molecule has 2 atom stereocenters. The predicted molar refractivity (Wildman–Crippen MR) is 72.4 cm³/mol. The predicted octanol–water partition coefficient (Wildman–Crippen LogP) is 3.33. The maximum absolute atomic E-state index is 6.03. The van der Waals surface area contributed by atoms with Gasteiger partial charge in [-0.15, -0.1) is 0 Å². The minimum atomic E-state index is -1.64. The Morgan fingerprint density at radius 1 is 1.41 bits per heavy atom. The fourth-order valence-corrected chi connectivity index (χ4v) is 2.94. The summed E-state index contributed by atoms with van der Waals surface area (Å²) in [6.07, 6.45) is 4.01. The van der Waals surface area contributed by atoms with Crippen molar-refractivity contribution < 1.29 is 9.16 Å².